The van der Waals surface area contributed by atoms with Gasteiger partial charge in [0, 0.05) is 36.4 Å². The minimum Gasteiger partial charge on any atom is -0.348 e. The van der Waals surface area contributed by atoms with Crippen LogP contribution in [0, 0.1) is 0 Å². The number of pyridine rings is 2. The van der Waals surface area contributed by atoms with Crippen molar-refractivity contribution in [3.63, 3.8) is 0 Å². The van der Waals surface area contributed by atoms with Crippen LogP contribution in [0.1, 0.15) is 21.5 Å². The zero-order valence-corrected chi connectivity index (χ0v) is 17.2. The maximum absolute atomic E-state index is 13.2. The normalized spacial score (nSPS) is 11.0. The van der Waals surface area contributed by atoms with Crippen molar-refractivity contribution in [1.29, 1.82) is 0 Å². The van der Waals surface area contributed by atoms with Crippen molar-refractivity contribution in [3.8, 4) is 11.3 Å². The highest BCUT2D eigenvalue weighted by Crippen LogP contribution is 2.24. The summed E-state index contributed by atoms with van der Waals surface area (Å²) >= 11 is 0. The van der Waals surface area contributed by atoms with Crippen molar-refractivity contribution in [2.45, 2.75) is 13.1 Å². The molecule has 5 heteroatoms. The molecule has 4 rings (SSSR count). The van der Waals surface area contributed by atoms with Crippen molar-refractivity contribution >= 4 is 16.8 Å². The summed E-state index contributed by atoms with van der Waals surface area (Å²) in [6.07, 6.45) is 3.46. The number of nitrogens with one attached hydrogen (secondary N) is 1. The van der Waals surface area contributed by atoms with Crippen molar-refractivity contribution < 1.29 is 4.79 Å². The summed E-state index contributed by atoms with van der Waals surface area (Å²) in [5.74, 6) is -0.108. The second kappa shape index (κ2) is 8.84. The number of para-hydroxylation sites is 1. The number of amides is 1. The number of rotatable bonds is 6. The summed E-state index contributed by atoms with van der Waals surface area (Å²) in [4.78, 5) is 24.1. The van der Waals surface area contributed by atoms with E-state index >= 15 is 0 Å². The quantitative estimate of drug-likeness (QED) is 0.528. The van der Waals surface area contributed by atoms with Gasteiger partial charge in [0.1, 0.15) is 0 Å². The lowest BCUT2D eigenvalue weighted by Gasteiger charge is -2.15. The molecule has 0 unspecified atom stereocenters. The standard InChI is InChI=1S/C25H24N4O/c1-29(2)17-20-8-4-3-7-19(20)16-27-25(30)22-15-24(18-11-13-26-14-12-18)28-23-10-6-5-9-21(22)23/h3-15H,16-17H2,1-2H3,(H,27,30). The third-order valence-corrected chi connectivity index (χ3v) is 4.98. The fraction of sp³-hybridized carbons (Fsp3) is 0.160. The molecule has 0 spiro atoms. The van der Waals surface area contributed by atoms with Crippen LogP contribution in [0.5, 0.6) is 0 Å². The average molecular weight is 396 g/mol. The molecule has 0 aliphatic rings. The Hall–Kier alpha value is -3.57. The van der Waals surface area contributed by atoms with E-state index < -0.39 is 0 Å². The Balaban J connectivity index is 1.65. The lowest BCUT2D eigenvalue weighted by molar-refractivity contribution is 0.0952. The van der Waals surface area contributed by atoms with Gasteiger partial charge in [-0.1, -0.05) is 42.5 Å². The molecule has 30 heavy (non-hydrogen) atoms. The second-order valence-electron chi connectivity index (χ2n) is 7.50. The van der Waals surface area contributed by atoms with Gasteiger partial charge in [-0.25, -0.2) is 4.98 Å². The topological polar surface area (TPSA) is 58.1 Å². The number of aromatic nitrogens is 2. The fourth-order valence-electron chi connectivity index (χ4n) is 3.53. The lowest BCUT2D eigenvalue weighted by Crippen LogP contribution is -2.24. The molecule has 2 heterocycles. The molecule has 2 aromatic heterocycles. The molecule has 0 saturated heterocycles. The highest BCUT2D eigenvalue weighted by atomic mass is 16.1. The minimum atomic E-state index is -0.108. The van der Waals surface area contributed by atoms with E-state index in [0.29, 0.717) is 12.1 Å². The van der Waals surface area contributed by atoms with Crippen molar-refractivity contribution in [3.05, 3.63) is 95.8 Å². The third-order valence-electron chi connectivity index (χ3n) is 4.98. The SMILES string of the molecule is CN(C)Cc1ccccc1CNC(=O)c1cc(-c2ccncc2)nc2ccccc12. The van der Waals surface area contributed by atoms with Gasteiger partial charge in [0.15, 0.2) is 0 Å². The first-order chi connectivity index (χ1) is 14.6. The van der Waals surface area contributed by atoms with Gasteiger partial charge in [0.05, 0.1) is 16.8 Å². The van der Waals surface area contributed by atoms with Gasteiger partial charge in [0.2, 0.25) is 0 Å². The first kappa shape index (κ1) is 19.7. The fourth-order valence-corrected chi connectivity index (χ4v) is 3.53. The number of carbonyl (C=O) groups excluding carboxylic acids is 1. The Kier molecular flexibility index (Phi) is 5.82. The van der Waals surface area contributed by atoms with E-state index in [-0.39, 0.29) is 5.91 Å². The molecule has 5 nitrogen and oxygen atoms in total. The Bertz CT molecular complexity index is 1170. The Morgan fingerprint density at radius 2 is 1.63 bits per heavy atom. The Labute approximate surface area is 176 Å². The molecule has 150 valence electrons. The molecule has 2 aromatic carbocycles. The van der Waals surface area contributed by atoms with E-state index in [2.05, 4.69) is 27.3 Å². The summed E-state index contributed by atoms with van der Waals surface area (Å²) in [5.41, 5.74) is 5.44. The third kappa shape index (κ3) is 4.36. The van der Waals surface area contributed by atoms with Crippen LogP contribution in [0.15, 0.2) is 79.1 Å². The molecule has 0 aliphatic heterocycles. The molecule has 0 fully saturated rings. The summed E-state index contributed by atoms with van der Waals surface area (Å²) in [6.45, 7) is 1.31. The van der Waals surface area contributed by atoms with Crippen LogP contribution in [0.4, 0.5) is 0 Å². The predicted molar refractivity (Wildman–Crippen MR) is 120 cm³/mol. The maximum atomic E-state index is 13.2. The average Bonchev–Trinajstić information content (AvgIpc) is 2.77. The number of fused-ring (bicyclic) bond motifs is 1. The predicted octanol–water partition coefficient (Wildman–Crippen LogP) is 4.29. The van der Waals surface area contributed by atoms with E-state index in [1.165, 1.54) is 5.56 Å². The van der Waals surface area contributed by atoms with Crippen molar-refractivity contribution in [2.75, 3.05) is 14.1 Å². The first-order valence-corrected chi connectivity index (χ1v) is 9.92. The van der Waals surface area contributed by atoms with Crippen LogP contribution in [0.2, 0.25) is 0 Å². The lowest BCUT2D eigenvalue weighted by atomic mass is 10.0. The van der Waals surface area contributed by atoms with Crippen LogP contribution < -0.4 is 5.32 Å². The Morgan fingerprint density at radius 1 is 0.933 bits per heavy atom. The molecule has 0 atom stereocenters. The minimum absolute atomic E-state index is 0.108. The van der Waals surface area contributed by atoms with Crippen LogP contribution in [-0.2, 0) is 13.1 Å². The molecule has 4 aromatic rings. The summed E-state index contributed by atoms with van der Waals surface area (Å²) in [5, 5.41) is 3.94. The molecule has 1 amide bonds. The zero-order chi connectivity index (χ0) is 20.9. The number of nitrogens with zero attached hydrogens (tertiary/aromatic N) is 3. The number of hydrogen-bond donors (Lipinski definition) is 1. The van der Waals surface area contributed by atoms with Crippen LogP contribution in [0.3, 0.4) is 0 Å². The number of benzene rings is 2. The molecule has 0 bridgehead atoms. The Morgan fingerprint density at radius 3 is 2.40 bits per heavy atom. The van der Waals surface area contributed by atoms with Gasteiger partial charge in [-0.15, -0.1) is 0 Å². The van der Waals surface area contributed by atoms with E-state index in [1.807, 2.05) is 68.7 Å². The van der Waals surface area contributed by atoms with Gasteiger partial charge in [-0.2, -0.15) is 0 Å². The maximum Gasteiger partial charge on any atom is 0.252 e. The zero-order valence-electron chi connectivity index (χ0n) is 17.2. The molecular formula is C25H24N4O. The van der Waals surface area contributed by atoms with Gasteiger partial charge in [-0.3, -0.25) is 9.78 Å². The molecule has 1 N–H and O–H groups in total. The highest BCUT2D eigenvalue weighted by Gasteiger charge is 2.14. The number of carbonyl (C=O) groups is 1. The number of hydrogen-bond acceptors (Lipinski definition) is 4. The van der Waals surface area contributed by atoms with E-state index in [9.17, 15) is 4.79 Å². The van der Waals surface area contributed by atoms with Gasteiger partial charge >= 0.3 is 0 Å². The molecular weight excluding hydrogens is 372 g/mol. The van der Waals surface area contributed by atoms with E-state index in [0.717, 1.165) is 34.3 Å². The van der Waals surface area contributed by atoms with Crippen LogP contribution in [-0.4, -0.2) is 34.9 Å². The molecule has 0 saturated carbocycles. The van der Waals surface area contributed by atoms with Gasteiger partial charge in [-0.05, 0) is 49.5 Å². The largest absolute Gasteiger partial charge is 0.348 e. The summed E-state index contributed by atoms with van der Waals surface area (Å²) in [7, 11) is 4.08. The smallest absolute Gasteiger partial charge is 0.252 e. The summed E-state index contributed by atoms with van der Waals surface area (Å²) < 4.78 is 0. The van der Waals surface area contributed by atoms with Crippen LogP contribution in [0.25, 0.3) is 22.2 Å². The van der Waals surface area contributed by atoms with Gasteiger partial charge in [0.25, 0.3) is 5.91 Å². The highest BCUT2D eigenvalue weighted by molar-refractivity contribution is 6.07. The van der Waals surface area contributed by atoms with E-state index in [4.69, 9.17) is 4.98 Å². The first-order valence-electron chi connectivity index (χ1n) is 9.92. The second-order valence-corrected chi connectivity index (χ2v) is 7.50. The van der Waals surface area contributed by atoms with Crippen LogP contribution >= 0.6 is 0 Å². The van der Waals surface area contributed by atoms with Crippen molar-refractivity contribution in [2.24, 2.45) is 0 Å². The molecule has 0 radical (unpaired) electrons. The van der Waals surface area contributed by atoms with E-state index in [1.54, 1.807) is 12.4 Å². The monoisotopic (exact) mass is 396 g/mol. The van der Waals surface area contributed by atoms with Gasteiger partial charge < -0.3 is 10.2 Å². The van der Waals surface area contributed by atoms with Crippen molar-refractivity contribution in [1.82, 2.24) is 20.2 Å². The summed E-state index contributed by atoms with van der Waals surface area (Å²) in [6, 6.07) is 21.6. The molecule has 0 aliphatic carbocycles.